The summed E-state index contributed by atoms with van der Waals surface area (Å²) in [7, 11) is -3.15. The third-order valence-corrected chi connectivity index (χ3v) is 3.36. The lowest BCUT2D eigenvalue weighted by atomic mass is 10.2. The van der Waals surface area contributed by atoms with Crippen molar-refractivity contribution >= 4 is 15.5 Å². The molecule has 0 bridgehead atoms. The number of halogens is 1. The molecule has 7 nitrogen and oxygen atoms in total. The Bertz CT molecular complexity index is 698. The lowest BCUT2D eigenvalue weighted by Gasteiger charge is -2.05. The summed E-state index contributed by atoms with van der Waals surface area (Å²) >= 11 is 0. The van der Waals surface area contributed by atoms with Crippen LogP contribution in [0.4, 0.5) is 10.1 Å². The Morgan fingerprint density at radius 2 is 2.16 bits per heavy atom. The lowest BCUT2D eigenvalue weighted by molar-refractivity contribution is 0.580. The van der Waals surface area contributed by atoms with Gasteiger partial charge in [-0.05, 0) is 28.6 Å². The van der Waals surface area contributed by atoms with Crippen molar-refractivity contribution in [1.29, 1.82) is 0 Å². The minimum Gasteiger partial charge on any atom is -0.399 e. The molecule has 2 N–H and O–H groups in total. The molecule has 0 amide bonds. The average Bonchev–Trinajstić information content (AvgIpc) is 2.77. The number of aromatic nitrogens is 4. The molecule has 102 valence electrons. The fourth-order valence-corrected chi connectivity index (χ4v) is 2.02. The maximum atomic E-state index is 13.7. The van der Waals surface area contributed by atoms with Crippen molar-refractivity contribution in [2.24, 2.45) is 0 Å². The van der Waals surface area contributed by atoms with Crippen LogP contribution in [0.1, 0.15) is 0 Å². The van der Waals surface area contributed by atoms with E-state index in [1.54, 1.807) is 0 Å². The molecular formula is C10H12FN5O2S. The van der Waals surface area contributed by atoms with Crippen LogP contribution >= 0.6 is 0 Å². The number of benzene rings is 1. The molecule has 1 aromatic heterocycles. The number of nitrogens with zero attached hydrogens (tertiary/aromatic N) is 4. The van der Waals surface area contributed by atoms with E-state index in [4.69, 9.17) is 5.73 Å². The second-order valence-electron chi connectivity index (χ2n) is 4.09. The zero-order valence-corrected chi connectivity index (χ0v) is 10.9. The zero-order chi connectivity index (χ0) is 14.0. The highest BCUT2D eigenvalue weighted by Crippen LogP contribution is 2.22. The number of nitrogens with two attached hydrogens (primary N) is 1. The van der Waals surface area contributed by atoms with E-state index in [1.165, 1.54) is 22.9 Å². The van der Waals surface area contributed by atoms with Crippen molar-refractivity contribution in [3.8, 4) is 11.4 Å². The van der Waals surface area contributed by atoms with Gasteiger partial charge in [0.05, 0.1) is 17.9 Å². The Hall–Kier alpha value is -2.03. The average molecular weight is 285 g/mol. The predicted molar refractivity (Wildman–Crippen MR) is 67.3 cm³/mol. The Kier molecular flexibility index (Phi) is 3.47. The van der Waals surface area contributed by atoms with E-state index in [9.17, 15) is 12.8 Å². The maximum Gasteiger partial charge on any atom is 0.185 e. The molecule has 9 heteroatoms. The van der Waals surface area contributed by atoms with Crippen molar-refractivity contribution in [3.05, 3.63) is 24.0 Å². The normalized spacial score (nSPS) is 11.7. The van der Waals surface area contributed by atoms with Crippen LogP contribution in [0.3, 0.4) is 0 Å². The first-order valence-corrected chi connectivity index (χ1v) is 7.42. The summed E-state index contributed by atoms with van der Waals surface area (Å²) in [6.07, 6.45) is 1.11. The molecule has 0 fully saturated rings. The van der Waals surface area contributed by atoms with Gasteiger partial charge in [-0.15, -0.1) is 5.10 Å². The summed E-state index contributed by atoms with van der Waals surface area (Å²) < 4.78 is 37.2. The topological polar surface area (TPSA) is 104 Å². The first-order chi connectivity index (χ1) is 8.87. The molecule has 0 aliphatic carbocycles. The minimum absolute atomic E-state index is 0.0510. The van der Waals surface area contributed by atoms with Crippen molar-refractivity contribution < 1.29 is 12.8 Å². The predicted octanol–water partition coefficient (Wildman–Crippen LogP) is 0.106. The standard InChI is InChI=1S/C10H12FN5O2S/c1-19(17,18)5-4-16-10(13-14-15-16)8-6-7(12)2-3-9(8)11/h2-3,6H,4-5,12H2,1H3. The van der Waals surface area contributed by atoms with Gasteiger partial charge in [0.25, 0.3) is 0 Å². The molecule has 0 saturated heterocycles. The third-order valence-electron chi connectivity index (χ3n) is 2.44. The molecule has 19 heavy (non-hydrogen) atoms. The van der Waals surface area contributed by atoms with Gasteiger partial charge in [0.15, 0.2) is 5.82 Å². The largest absolute Gasteiger partial charge is 0.399 e. The Balaban J connectivity index is 2.36. The summed E-state index contributed by atoms with van der Waals surface area (Å²) in [4.78, 5) is 0. The fraction of sp³-hybridized carbons (Fsp3) is 0.300. The van der Waals surface area contributed by atoms with Gasteiger partial charge in [-0.2, -0.15) is 0 Å². The Labute approximate surface area is 109 Å². The number of aryl methyl sites for hydroxylation is 1. The summed E-state index contributed by atoms with van der Waals surface area (Å²) in [6, 6.07) is 4.03. The number of anilines is 1. The molecule has 0 spiro atoms. The second kappa shape index (κ2) is 4.92. The SMILES string of the molecule is CS(=O)(=O)CCn1nnnc1-c1cc(N)ccc1F. The highest BCUT2D eigenvalue weighted by atomic mass is 32.2. The van der Waals surface area contributed by atoms with Gasteiger partial charge in [-0.25, -0.2) is 17.5 Å². The summed E-state index contributed by atoms with van der Waals surface area (Å²) in [5, 5.41) is 10.8. The van der Waals surface area contributed by atoms with Crippen LogP contribution < -0.4 is 5.73 Å². The molecule has 2 rings (SSSR count). The van der Waals surface area contributed by atoms with E-state index >= 15 is 0 Å². The molecule has 0 aliphatic rings. The quantitative estimate of drug-likeness (QED) is 0.799. The van der Waals surface area contributed by atoms with E-state index in [2.05, 4.69) is 15.5 Å². The van der Waals surface area contributed by atoms with E-state index < -0.39 is 15.7 Å². The molecule has 1 heterocycles. The van der Waals surface area contributed by atoms with E-state index in [0.29, 0.717) is 5.69 Å². The van der Waals surface area contributed by atoms with Gasteiger partial charge in [0, 0.05) is 11.9 Å². The highest BCUT2D eigenvalue weighted by Gasteiger charge is 2.15. The van der Waals surface area contributed by atoms with Crippen LogP contribution in [0.2, 0.25) is 0 Å². The zero-order valence-electron chi connectivity index (χ0n) is 10.1. The van der Waals surface area contributed by atoms with Crippen LogP contribution in [0, 0.1) is 5.82 Å². The van der Waals surface area contributed by atoms with Gasteiger partial charge in [-0.3, -0.25) is 0 Å². The molecule has 0 radical (unpaired) electrons. The first-order valence-electron chi connectivity index (χ1n) is 5.36. The number of hydrogen-bond donors (Lipinski definition) is 1. The van der Waals surface area contributed by atoms with E-state index in [0.717, 1.165) is 6.26 Å². The van der Waals surface area contributed by atoms with E-state index in [1.807, 2.05) is 0 Å². The summed E-state index contributed by atoms with van der Waals surface area (Å²) in [5.41, 5.74) is 6.09. The van der Waals surface area contributed by atoms with Gasteiger partial charge >= 0.3 is 0 Å². The molecule has 0 saturated carbocycles. The molecule has 2 aromatic rings. The van der Waals surface area contributed by atoms with Gasteiger partial charge in [0.1, 0.15) is 15.7 Å². The lowest BCUT2D eigenvalue weighted by Crippen LogP contribution is -2.13. The van der Waals surface area contributed by atoms with Gasteiger partial charge in [-0.1, -0.05) is 0 Å². The molecular weight excluding hydrogens is 273 g/mol. The van der Waals surface area contributed by atoms with Gasteiger partial charge in [0.2, 0.25) is 0 Å². The van der Waals surface area contributed by atoms with Crippen LogP contribution in [0.15, 0.2) is 18.2 Å². The minimum atomic E-state index is -3.15. The number of hydrogen-bond acceptors (Lipinski definition) is 6. The van der Waals surface area contributed by atoms with Crippen LogP contribution in [-0.4, -0.2) is 40.6 Å². The van der Waals surface area contributed by atoms with Crippen molar-refractivity contribution in [1.82, 2.24) is 20.2 Å². The van der Waals surface area contributed by atoms with Crippen molar-refractivity contribution in [2.45, 2.75) is 6.54 Å². The molecule has 0 atom stereocenters. The fourth-order valence-electron chi connectivity index (χ4n) is 1.51. The number of tetrazole rings is 1. The van der Waals surface area contributed by atoms with E-state index in [-0.39, 0.29) is 23.7 Å². The second-order valence-corrected chi connectivity index (χ2v) is 6.35. The smallest absolute Gasteiger partial charge is 0.185 e. The maximum absolute atomic E-state index is 13.7. The van der Waals surface area contributed by atoms with Crippen LogP contribution in [0.5, 0.6) is 0 Å². The Morgan fingerprint density at radius 3 is 2.84 bits per heavy atom. The summed E-state index contributed by atoms with van der Waals surface area (Å²) in [6.45, 7) is 0.0510. The van der Waals surface area contributed by atoms with Crippen LogP contribution in [0.25, 0.3) is 11.4 Å². The molecule has 1 aromatic carbocycles. The number of nitrogen functional groups attached to an aromatic ring is 1. The number of sulfone groups is 1. The molecule has 0 unspecified atom stereocenters. The van der Waals surface area contributed by atoms with Crippen molar-refractivity contribution in [2.75, 3.05) is 17.7 Å². The molecule has 0 aliphatic heterocycles. The highest BCUT2D eigenvalue weighted by molar-refractivity contribution is 7.90. The van der Waals surface area contributed by atoms with Gasteiger partial charge < -0.3 is 5.73 Å². The van der Waals surface area contributed by atoms with Crippen molar-refractivity contribution in [3.63, 3.8) is 0 Å². The third kappa shape index (κ3) is 3.25. The Morgan fingerprint density at radius 1 is 1.42 bits per heavy atom. The summed E-state index contributed by atoms with van der Waals surface area (Å²) in [5.74, 6) is -0.507. The first kappa shape index (κ1) is 13.4. The monoisotopic (exact) mass is 285 g/mol. The van der Waals surface area contributed by atoms with Crippen LogP contribution in [-0.2, 0) is 16.4 Å². The number of rotatable bonds is 4.